The highest BCUT2D eigenvalue weighted by atomic mass is 16.7. The molecule has 2 aromatic rings. The van der Waals surface area contributed by atoms with Crippen LogP contribution in [0.4, 0.5) is 0 Å². The fourth-order valence-electron chi connectivity index (χ4n) is 4.43. The van der Waals surface area contributed by atoms with Crippen LogP contribution in [0, 0.1) is 6.92 Å². The predicted molar refractivity (Wildman–Crippen MR) is 125 cm³/mol. The van der Waals surface area contributed by atoms with Crippen LogP contribution in [0.15, 0.2) is 36.9 Å². The zero-order valence-corrected chi connectivity index (χ0v) is 19.0. The van der Waals surface area contributed by atoms with Crippen LogP contribution in [0.3, 0.4) is 0 Å². The molecule has 0 saturated heterocycles. The van der Waals surface area contributed by atoms with E-state index in [4.69, 9.17) is 9.47 Å². The molecule has 0 amide bonds. The van der Waals surface area contributed by atoms with Crippen LogP contribution in [-0.4, -0.2) is 18.0 Å². The summed E-state index contributed by atoms with van der Waals surface area (Å²) < 4.78 is 12.4. The van der Waals surface area contributed by atoms with Gasteiger partial charge < -0.3 is 14.6 Å². The Balaban J connectivity index is 2.14. The zero-order valence-electron chi connectivity index (χ0n) is 19.0. The summed E-state index contributed by atoms with van der Waals surface area (Å²) in [7, 11) is 1.72. The summed E-state index contributed by atoms with van der Waals surface area (Å²) in [5, 5.41) is 11.2. The third kappa shape index (κ3) is 4.89. The van der Waals surface area contributed by atoms with E-state index in [2.05, 4.69) is 44.7 Å². The molecule has 0 aromatic heterocycles. The SMILES string of the molecule is C=C(C)c1ccc(C)cc1-c1c(O)cc(CCCCC)cc1OC1(OC)CCCC1. The van der Waals surface area contributed by atoms with Crippen LogP contribution < -0.4 is 4.74 Å². The number of allylic oxidation sites excluding steroid dienone is 1. The van der Waals surface area contributed by atoms with Crippen LogP contribution in [0.5, 0.6) is 11.5 Å². The van der Waals surface area contributed by atoms with Crippen molar-refractivity contribution in [3.05, 3.63) is 53.6 Å². The van der Waals surface area contributed by atoms with Crippen molar-refractivity contribution in [3.8, 4) is 22.6 Å². The molecule has 0 spiro atoms. The zero-order chi connectivity index (χ0) is 21.7. The standard InChI is InChI=1S/C27H36O3/c1-6-7-8-11-21-17-24(28)26(23-16-20(4)12-13-22(23)19(2)3)25(18-21)30-27(29-5)14-9-10-15-27/h12-13,16-18,28H,2,6-11,14-15H2,1,3-5H3. The topological polar surface area (TPSA) is 38.7 Å². The number of aromatic hydroxyl groups is 1. The molecule has 0 unspecified atom stereocenters. The summed E-state index contributed by atoms with van der Waals surface area (Å²) in [6.07, 6.45) is 8.30. The first-order valence-corrected chi connectivity index (χ1v) is 11.3. The summed E-state index contributed by atoms with van der Waals surface area (Å²) in [6.45, 7) is 10.4. The van der Waals surface area contributed by atoms with Crippen LogP contribution in [-0.2, 0) is 11.2 Å². The molecule has 0 atom stereocenters. The summed E-state index contributed by atoms with van der Waals surface area (Å²) in [5.41, 5.74) is 5.92. The maximum Gasteiger partial charge on any atom is 0.210 e. The van der Waals surface area contributed by atoms with Gasteiger partial charge in [0, 0.05) is 20.0 Å². The van der Waals surface area contributed by atoms with Gasteiger partial charge in [0.25, 0.3) is 0 Å². The summed E-state index contributed by atoms with van der Waals surface area (Å²) in [6, 6.07) is 10.3. The summed E-state index contributed by atoms with van der Waals surface area (Å²) in [4.78, 5) is 0. The molecule has 3 nitrogen and oxygen atoms in total. The van der Waals surface area contributed by atoms with Crippen LogP contribution in [0.2, 0.25) is 0 Å². The molecule has 0 heterocycles. The third-order valence-electron chi connectivity index (χ3n) is 6.15. The van der Waals surface area contributed by atoms with Crippen molar-refractivity contribution < 1.29 is 14.6 Å². The highest BCUT2D eigenvalue weighted by Crippen LogP contribution is 2.46. The lowest BCUT2D eigenvalue weighted by atomic mass is 9.91. The van der Waals surface area contributed by atoms with E-state index in [1.807, 2.05) is 13.0 Å². The molecule has 1 saturated carbocycles. The number of phenolic OH excluding ortho intramolecular Hbond substituents is 1. The Labute approximate surface area is 181 Å². The molecule has 162 valence electrons. The molecule has 30 heavy (non-hydrogen) atoms. The Morgan fingerprint density at radius 1 is 1.13 bits per heavy atom. The van der Waals surface area contributed by atoms with E-state index in [1.54, 1.807) is 7.11 Å². The van der Waals surface area contributed by atoms with E-state index >= 15 is 0 Å². The normalized spacial score (nSPS) is 15.3. The second-order valence-electron chi connectivity index (χ2n) is 8.70. The van der Waals surface area contributed by atoms with Crippen molar-refractivity contribution in [1.82, 2.24) is 0 Å². The molecule has 0 bridgehead atoms. The number of aryl methyl sites for hydroxylation is 2. The van der Waals surface area contributed by atoms with E-state index < -0.39 is 5.79 Å². The van der Waals surface area contributed by atoms with Gasteiger partial charge in [-0.2, -0.15) is 0 Å². The predicted octanol–water partition coefficient (Wildman–Crippen LogP) is 7.43. The molecule has 1 aliphatic rings. The molecule has 3 heteroatoms. The summed E-state index contributed by atoms with van der Waals surface area (Å²) >= 11 is 0. The number of unbranched alkanes of at least 4 members (excludes halogenated alkanes) is 2. The van der Waals surface area contributed by atoms with Crippen molar-refractivity contribution in [3.63, 3.8) is 0 Å². The van der Waals surface area contributed by atoms with E-state index in [0.29, 0.717) is 5.75 Å². The first-order valence-electron chi connectivity index (χ1n) is 11.3. The van der Waals surface area contributed by atoms with Crippen molar-refractivity contribution in [2.45, 2.75) is 77.9 Å². The van der Waals surface area contributed by atoms with Gasteiger partial charge >= 0.3 is 0 Å². The minimum atomic E-state index is -0.615. The van der Waals surface area contributed by atoms with E-state index in [-0.39, 0.29) is 5.75 Å². The highest BCUT2D eigenvalue weighted by Gasteiger charge is 2.37. The number of hydrogen-bond donors (Lipinski definition) is 1. The van der Waals surface area contributed by atoms with E-state index in [9.17, 15) is 5.11 Å². The average Bonchev–Trinajstić information content (AvgIpc) is 3.17. The van der Waals surface area contributed by atoms with Gasteiger partial charge in [-0.1, -0.05) is 55.7 Å². The van der Waals surface area contributed by atoms with Crippen LogP contribution in [0.25, 0.3) is 16.7 Å². The summed E-state index contributed by atoms with van der Waals surface area (Å²) in [5.74, 6) is 0.353. The van der Waals surface area contributed by atoms with Crippen molar-refractivity contribution in [2.24, 2.45) is 0 Å². The molecule has 1 N–H and O–H groups in total. The fraction of sp³-hybridized carbons (Fsp3) is 0.481. The Hall–Kier alpha value is -2.26. The van der Waals surface area contributed by atoms with Gasteiger partial charge in [0.2, 0.25) is 5.79 Å². The maximum absolute atomic E-state index is 11.2. The minimum Gasteiger partial charge on any atom is -0.507 e. The molecular formula is C27H36O3. The van der Waals surface area contributed by atoms with Gasteiger partial charge in [-0.15, -0.1) is 0 Å². The largest absolute Gasteiger partial charge is 0.507 e. The van der Waals surface area contributed by atoms with Gasteiger partial charge in [-0.3, -0.25) is 0 Å². The molecule has 1 fully saturated rings. The lowest BCUT2D eigenvalue weighted by molar-refractivity contribution is -0.157. The number of benzene rings is 2. The van der Waals surface area contributed by atoms with Gasteiger partial charge in [0.1, 0.15) is 11.5 Å². The van der Waals surface area contributed by atoms with E-state index in [1.165, 1.54) is 12.8 Å². The van der Waals surface area contributed by atoms with Gasteiger partial charge in [-0.25, -0.2) is 0 Å². The smallest absolute Gasteiger partial charge is 0.210 e. The second-order valence-corrected chi connectivity index (χ2v) is 8.70. The third-order valence-corrected chi connectivity index (χ3v) is 6.15. The Kier molecular flexibility index (Phi) is 7.25. The van der Waals surface area contributed by atoms with Gasteiger partial charge in [0.05, 0.1) is 5.56 Å². The highest BCUT2D eigenvalue weighted by molar-refractivity contribution is 5.86. The molecule has 0 radical (unpaired) electrons. The molecular weight excluding hydrogens is 372 g/mol. The number of phenols is 1. The monoisotopic (exact) mass is 408 g/mol. The lowest BCUT2D eigenvalue weighted by Gasteiger charge is -2.30. The van der Waals surface area contributed by atoms with E-state index in [0.717, 1.165) is 71.9 Å². The number of methoxy groups -OCH3 is 1. The lowest BCUT2D eigenvalue weighted by Crippen LogP contribution is -2.34. The first kappa shape index (κ1) is 22.4. The Bertz CT molecular complexity index is 891. The molecule has 3 rings (SSSR count). The Morgan fingerprint density at radius 2 is 1.87 bits per heavy atom. The molecule has 2 aromatic carbocycles. The van der Waals surface area contributed by atoms with Gasteiger partial charge in [0.15, 0.2) is 0 Å². The van der Waals surface area contributed by atoms with Crippen molar-refractivity contribution >= 4 is 5.57 Å². The van der Waals surface area contributed by atoms with Crippen molar-refractivity contribution in [2.75, 3.05) is 7.11 Å². The molecule has 0 aliphatic heterocycles. The average molecular weight is 409 g/mol. The Morgan fingerprint density at radius 3 is 2.50 bits per heavy atom. The van der Waals surface area contributed by atoms with Crippen LogP contribution in [0.1, 0.15) is 75.5 Å². The van der Waals surface area contributed by atoms with Crippen LogP contribution >= 0.6 is 0 Å². The van der Waals surface area contributed by atoms with Crippen molar-refractivity contribution in [1.29, 1.82) is 0 Å². The van der Waals surface area contributed by atoms with Gasteiger partial charge in [-0.05, 0) is 68.4 Å². The number of rotatable bonds is 9. The number of ether oxygens (including phenoxy) is 2. The fourth-order valence-corrected chi connectivity index (χ4v) is 4.43. The number of hydrogen-bond acceptors (Lipinski definition) is 3. The second kappa shape index (κ2) is 9.70. The molecule has 1 aliphatic carbocycles. The minimum absolute atomic E-state index is 0.261. The maximum atomic E-state index is 11.2. The quantitative estimate of drug-likeness (QED) is 0.346. The first-order chi connectivity index (χ1) is 14.4.